The van der Waals surface area contributed by atoms with Gasteiger partial charge in [-0.3, -0.25) is 0 Å². The monoisotopic (exact) mass is 304 g/mol. The molecule has 1 heterocycles. The van der Waals surface area contributed by atoms with Crippen LogP contribution < -0.4 is 9.47 Å². The van der Waals surface area contributed by atoms with Crippen LogP contribution in [-0.2, 0) is 0 Å². The second-order valence-corrected chi connectivity index (χ2v) is 5.71. The minimum Gasteiger partial charge on any atom is -0.496 e. The van der Waals surface area contributed by atoms with Gasteiger partial charge in [-0.1, -0.05) is 17.7 Å². The van der Waals surface area contributed by atoms with E-state index in [2.05, 4.69) is 0 Å². The number of aliphatic hydroxyl groups excluding tert-OH is 1. The number of fused-ring (bicyclic) bond motifs is 1. The fourth-order valence-electron chi connectivity index (χ4n) is 2.72. The van der Waals surface area contributed by atoms with Crippen LogP contribution in [0.4, 0.5) is 0 Å². The smallest absolute Gasteiger partial charge is 0.127 e. The summed E-state index contributed by atoms with van der Waals surface area (Å²) in [5.74, 6) is 1.54. The number of hydrogen-bond donors (Lipinski definition) is 1. The van der Waals surface area contributed by atoms with Gasteiger partial charge in [-0.2, -0.15) is 0 Å². The first kappa shape index (κ1) is 14.2. The summed E-state index contributed by atoms with van der Waals surface area (Å²) in [7, 11) is 1.66. The molecule has 0 fully saturated rings. The normalized spacial score (nSPS) is 20.6. The maximum atomic E-state index is 10.3. The Hall–Kier alpha value is -1.71. The first-order chi connectivity index (χ1) is 10.1. The van der Waals surface area contributed by atoms with Gasteiger partial charge in [0.15, 0.2) is 0 Å². The summed E-state index contributed by atoms with van der Waals surface area (Å²) in [6, 6.07) is 11.3. The fourth-order valence-corrected chi connectivity index (χ4v) is 2.90. The molecule has 1 aliphatic heterocycles. The van der Waals surface area contributed by atoms with Crippen molar-refractivity contribution in [3.8, 4) is 11.5 Å². The van der Waals surface area contributed by atoms with Gasteiger partial charge in [-0.15, -0.1) is 0 Å². The van der Waals surface area contributed by atoms with Crippen molar-refractivity contribution in [3.05, 3.63) is 58.1 Å². The minimum absolute atomic E-state index is 0.168. The maximum absolute atomic E-state index is 10.3. The predicted octanol–water partition coefficient (Wildman–Crippen LogP) is 4.21. The van der Waals surface area contributed by atoms with Crippen molar-refractivity contribution in [1.29, 1.82) is 0 Å². The zero-order chi connectivity index (χ0) is 15.0. The Kier molecular flexibility index (Phi) is 3.79. The molecule has 0 radical (unpaired) electrons. The molecular weight excluding hydrogens is 288 g/mol. The molecule has 21 heavy (non-hydrogen) atoms. The predicted molar refractivity (Wildman–Crippen MR) is 82.1 cm³/mol. The molecule has 2 aromatic carbocycles. The molecule has 1 N–H and O–H groups in total. The molecule has 0 saturated carbocycles. The van der Waals surface area contributed by atoms with E-state index in [1.807, 2.05) is 31.2 Å². The van der Waals surface area contributed by atoms with E-state index in [4.69, 9.17) is 21.1 Å². The molecule has 2 aromatic rings. The van der Waals surface area contributed by atoms with Crippen molar-refractivity contribution in [2.24, 2.45) is 0 Å². The summed E-state index contributed by atoms with van der Waals surface area (Å²) < 4.78 is 11.3. The summed E-state index contributed by atoms with van der Waals surface area (Å²) in [6.07, 6.45) is -0.225. The van der Waals surface area contributed by atoms with Crippen LogP contribution in [-0.4, -0.2) is 12.2 Å². The molecule has 2 atom stereocenters. The highest BCUT2D eigenvalue weighted by atomic mass is 35.5. The molecule has 0 aliphatic carbocycles. The maximum Gasteiger partial charge on any atom is 0.127 e. The van der Waals surface area contributed by atoms with E-state index in [1.54, 1.807) is 19.2 Å². The molecule has 1 aliphatic rings. The van der Waals surface area contributed by atoms with Crippen molar-refractivity contribution in [2.75, 3.05) is 7.11 Å². The fraction of sp³-hybridized carbons (Fsp3) is 0.294. The molecule has 0 amide bonds. The summed E-state index contributed by atoms with van der Waals surface area (Å²) >= 11 is 5.97. The van der Waals surface area contributed by atoms with E-state index in [1.165, 1.54) is 0 Å². The van der Waals surface area contributed by atoms with Crippen molar-refractivity contribution >= 4 is 11.6 Å². The number of halogens is 1. The summed E-state index contributed by atoms with van der Waals surface area (Å²) in [6.45, 7) is 2.00. The van der Waals surface area contributed by atoms with Crippen LogP contribution >= 0.6 is 11.6 Å². The molecule has 1 unspecified atom stereocenters. The summed E-state index contributed by atoms with van der Waals surface area (Å²) in [5.41, 5.74) is 2.84. The van der Waals surface area contributed by atoms with Gasteiger partial charge in [0.05, 0.1) is 13.2 Å². The van der Waals surface area contributed by atoms with E-state index in [0.29, 0.717) is 17.2 Å². The van der Waals surface area contributed by atoms with Crippen molar-refractivity contribution in [3.63, 3.8) is 0 Å². The molecule has 0 spiro atoms. The van der Waals surface area contributed by atoms with Crippen molar-refractivity contribution < 1.29 is 14.6 Å². The zero-order valence-corrected chi connectivity index (χ0v) is 12.7. The number of hydrogen-bond acceptors (Lipinski definition) is 3. The second kappa shape index (κ2) is 5.58. The molecule has 0 bridgehead atoms. The van der Waals surface area contributed by atoms with Gasteiger partial charge in [0.1, 0.15) is 17.6 Å². The highest BCUT2D eigenvalue weighted by molar-refractivity contribution is 6.30. The first-order valence-corrected chi connectivity index (χ1v) is 7.25. The Morgan fingerprint density at radius 2 is 2.05 bits per heavy atom. The van der Waals surface area contributed by atoms with Gasteiger partial charge < -0.3 is 14.6 Å². The number of aryl methyl sites for hydroxylation is 1. The van der Waals surface area contributed by atoms with Gasteiger partial charge >= 0.3 is 0 Å². The van der Waals surface area contributed by atoms with Gasteiger partial charge in [-0.25, -0.2) is 0 Å². The lowest BCUT2D eigenvalue weighted by atomic mass is 9.94. The average molecular weight is 305 g/mol. The highest BCUT2D eigenvalue weighted by Crippen LogP contribution is 2.42. The molecular formula is C17H17ClO3. The third kappa shape index (κ3) is 2.71. The van der Waals surface area contributed by atoms with Gasteiger partial charge in [0, 0.05) is 17.0 Å². The molecule has 0 saturated heterocycles. The first-order valence-electron chi connectivity index (χ1n) is 6.87. The van der Waals surface area contributed by atoms with Crippen LogP contribution in [0, 0.1) is 6.92 Å². The number of methoxy groups -OCH3 is 1. The SMILES string of the molecule is COc1ccc(C2C[C@@H](O)c3cc(Cl)ccc3O2)cc1C. The van der Waals surface area contributed by atoms with E-state index in [0.717, 1.165) is 22.4 Å². The van der Waals surface area contributed by atoms with E-state index in [-0.39, 0.29) is 6.10 Å². The third-order valence-corrected chi connectivity index (χ3v) is 4.06. The number of rotatable bonds is 2. The molecule has 0 aromatic heterocycles. The number of benzene rings is 2. The van der Waals surface area contributed by atoms with E-state index in [9.17, 15) is 5.11 Å². The van der Waals surface area contributed by atoms with Crippen LogP contribution in [0.5, 0.6) is 11.5 Å². The number of ether oxygens (including phenoxy) is 2. The third-order valence-electron chi connectivity index (χ3n) is 3.83. The molecule has 3 nitrogen and oxygen atoms in total. The average Bonchev–Trinajstić information content (AvgIpc) is 2.47. The molecule has 4 heteroatoms. The standard InChI is InChI=1S/C17H17ClO3/c1-10-7-11(3-5-15(10)20-2)17-9-14(19)13-8-12(18)4-6-16(13)21-17/h3-8,14,17,19H,9H2,1-2H3/t14-,17?/m1/s1. The lowest BCUT2D eigenvalue weighted by molar-refractivity contribution is 0.0657. The Morgan fingerprint density at radius 1 is 1.24 bits per heavy atom. The zero-order valence-electron chi connectivity index (χ0n) is 12.0. The lowest BCUT2D eigenvalue weighted by Crippen LogP contribution is -2.19. The quantitative estimate of drug-likeness (QED) is 0.903. The van der Waals surface area contributed by atoms with E-state index >= 15 is 0 Å². The summed E-state index contributed by atoms with van der Waals surface area (Å²) in [5, 5.41) is 10.9. The minimum atomic E-state index is -0.570. The Labute approximate surface area is 129 Å². The van der Waals surface area contributed by atoms with Gasteiger partial charge in [-0.05, 0) is 48.4 Å². The van der Waals surface area contributed by atoms with Crippen LogP contribution in [0.3, 0.4) is 0 Å². The Morgan fingerprint density at radius 3 is 2.76 bits per heavy atom. The largest absolute Gasteiger partial charge is 0.496 e. The van der Waals surface area contributed by atoms with Crippen LogP contribution in [0.2, 0.25) is 5.02 Å². The van der Waals surface area contributed by atoms with Gasteiger partial charge in [0.2, 0.25) is 0 Å². The molecule has 3 rings (SSSR count). The topological polar surface area (TPSA) is 38.7 Å². The molecule has 110 valence electrons. The number of aliphatic hydroxyl groups is 1. The highest BCUT2D eigenvalue weighted by Gasteiger charge is 2.28. The van der Waals surface area contributed by atoms with Crippen LogP contribution in [0.1, 0.15) is 35.3 Å². The van der Waals surface area contributed by atoms with Crippen LogP contribution in [0.15, 0.2) is 36.4 Å². The van der Waals surface area contributed by atoms with Gasteiger partial charge in [0.25, 0.3) is 0 Å². The Balaban J connectivity index is 1.92. The van der Waals surface area contributed by atoms with Crippen molar-refractivity contribution in [2.45, 2.75) is 25.6 Å². The van der Waals surface area contributed by atoms with E-state index < -0.39 is 6.10 Å². The summed E-state index contributed by atoms with van der Waals surface area (Å²) in [4.78, 5) is 0. The Bertz CT molecular complexity index is 669. The van der Waals surface area contributed by atoms with Crippen molar-refractivity contribution in [1.82, 2.24) is 0 Å². The second-order valence-electron chi connectivity index (χ2n) is 5.27. The lowest BCUT2D eigenvalue weighted by Gasteiger charge is -2.30. The van der Waals surface area contributed by atoms with Crippen LogP contribution in [0.25, 0.3) is 0 Å².